The second-order valence-corrected chi connectivity index (χ2v) is 7.08. The fourth-order valence-electron chi connectivity index (χ4n) is 2.94. The quantitative estimate of drug-likeness (QED) is 0.389. The summed E-state index contributed by atoms with van der Waals surface area (Å²) in [5, 5.41) is 2.40. The van der Waals surface area contributed by atoms with Gasteiger partial charge in [0.25, 0.3) is 5.56 Å². The average Bonchev–Trinajstić information content (AvgIpc) is 3.21. The number of para-hydroxylation sites is 2. The predicted molar refractivity (Wildman–Crippen MR) is 107 cm³/mol. The average molecular weight is 378 g/mol. The van der Waals surface area contributed by atoms with Gasteiger partial charge in [-0.2, -0.15) is 0 Å². The molecule has 0 aliphatic carbocycles. The Balaban J connectivity index is 1.99. The molecular formula is C20H14N2O2S2. The SMILES string of the molecule is O=C(Cn1c(=S)n(-c2ccccc2)c(=O)c2ccccc21)c1cccs1. The first kappa shape index (κ1) is 16.6. The summed E-state index contributed by atoms with van der Waals surface area (Å²) in [5.41, 5.74) is 1.17. The van der Waals surface area contributed by atoms with Crippen molar-refractivity contribution in [2.75, 3.05) is 0 Å². The third kappa shape index (κ3) is 2.83. The summed E-state index contributed by atoms with van der Waals surface area (Å²) < 4.78 is 3.53. The van der Waals surface area contributed by atoms with E-state index in [1.807, 2.05) is 60.0 Å². The van der Waals surface area contributed by atoms with Crippen molar-refractivity contribution < 1.29 is 4.79 Å². The Bertz CT molecular complexity index is 1210. The summed E-state index contributed by atoms with van der Waals surface area (Å²) in [7, 11) is 0. The molecule has 0 saturated heterocycles. The Morgan fingerprint density at radius 3 is 2.42 bits per heavy atom. The van der Waals surface area contributed by atoms with E-state index < -0.39 is 0 Å². The van der Waals surface area contributed by atoms with Crippen molar-refractivity contribution in [2.24, 2.45) is 0 Å². The van der Waals surface area contributed by atoms with E-state index >= 15 is 0 Å². The summed E-state index contributed by atoms with van der Waals surface area (Å²) in [4.78, 5) is 26.4. The third-order valence-electron chi connectivity index (χ3n) is 4.16. The van der Waals surface area contributed by atoms with Crippen molar-refractivity contribution in [2.45, 2.75) is 6.54 Å². The van der Waals surface area contributed by atoms with Crippen LogP contribution in [0.1, 0.15) is 9.67 Å². The number of aromatic nitrogens is 2. The zero-order valence-corrected chi connectivity index (χ0v) is 15.3. The topological polar surface area (TPSA) is 44.0 Å². The summed E-state index contributed by atoms with van der Waals surface area (Å²) in [6, 6.07) is 20.1. The molecule has 6 heteroatoms. The van der Waals surface area contributed by atoms with Gasteiger partial charge in [0.2, 0.25) is 0 Å². The lowest BCUT2D eigenvalue weighted by atomic mass is 10.2. The highest BCUT2D eigenvalue weighted by atomic mass is 32.1. The van der Waals surface area contributed by atoms with Gasteiger partial charge in [-0.05, 0) is 47.9 Å². The van der Waals surface area contributed by atoms with E-state index in [0.717, 1.165) is 0 Å². The number of hydrogen-bond acceptors (Lipinski definition) is 4. The predicted octanol–water partition coefficient (Wildman–Crippen LogP) is 4.47. The number of rotatable bonds is 4. The maximum absolute atomic E-state index is 13.0. The molecule has 0 saturated carbocycles. The second kappa shape index (κ2) is 6.82. The Labute approximate surface area is 158 Å². The molecule has 4 rings (SSSR count). The normalized spacial score (nSPS) is 10.9. The Morgan fingerprint density at radius 2 is 1.69 bits per heavy atom. The van der Waals surface area contributed by atoms with Crippen molar-refractivity contribution in [3.63, 3.8) is 0 Å². The molecule has 2 heterocycles. The standard InChI is InChI=1S/C20H14N2O2S2/c23-17(18-11-6-12-26-18)13-21-16-10-5-4-9-15(16)19(24)22(20(21)25)14-7-2-1-3-8-14/h1-12H,13H2. The molecule has 4 aromatic rings. The maximum atomic E-state index is 13.0. The fourth-order valence-corrected chi connectivity index (χ4v) is 3.95. The number of thiophene rings is 1. The van der Waals surface area contributed by atoms with Gasteiger partial charge in [-0.25, -0.2) is 0 Å². The molecular weight excluding hydrogens is 364 g/mol. The van der Waals surface area contributed by atoms with E-state index in [1.54, 1.807) is 16.7 Å². The minimum Gasteiger partial charge on any atom is -0.310 e. The molecule has 0 N–H and O–H groups in total. The largest absolute Gasteiger partial charge is 0.310 e. The molecule has 0 unspecified atom stereocenters. The Hall–Kier alpha value is -2.83. The molecule has 0 spiro atoms. The molecule has 128 valence electrons. The van der Waals surface area contributed by atoms with Crippen LogP contribution in [-0.2, 0) is 6.54 Å². The monoisotopic (exact) mass is 378 g/mol. The lowest BCUT2D eigenvalue weighted by molar-refractivity contribution is 0.0976. The van der Waals surface area contributed by atoms with Gasteiger partial charge in [-0.15, -0.1) is 11.3 Å². The lowest BCUT2D eigenvalue weighted by Crippen LogP contribution is -2.25. The van der Waals surface area contributed by atoms with Crippen molar-refractivity contribution >= 4 is 40.2 Å². The minimum absolute atomic E-state index is 0.0282. The van der Waals surface area contributed by atoms with Crippen LogP contribution in [0.15, 0.2) is 76.9 Å². The number of benzene rings is 2. The minimum atomic E-state index is -0.184. The number of nitrogens with zero attached hydrogens (tertiary/aromatic N) is 2. The van der Waals surface area contributed by atoms with Gasteiger partial charge in [0.15, 0.2) is 10.6 Å². The van der Waals surface area contributed by atoms with Crippen molar-refractivity contribution in [3.05, 3.63) is 92.1 Å². The zero-order chi connectivity index (χ0) is 18.1. The van der Waals surface area contributed by atoms with E-state index in [1.165, 1.54) is 15.9 Å². The molecule has 26 heavy (non-hydrogen) atoms. The molecule has 4 nitrogen and oxygen atoms in total. The number of carbonyl (C=O) groups excluding carboxylic acids is 1. The van der Waals surface area contributed by atoms with Crippen LogP contribution in [0.3, 0.4) is 0 Å². The van der Waals surface area contributed by atoms with E-state index in [-0.39, 0.29) is 17.9 Å². The van der Waals surface area contributed by atoms with Crippen molar-refractivity contribution in [1.29, 1.82) is 0 Å². The number of hydrogen-bond donors (Lipinski definition) is 0. The van der Waals surface area contributed by atoms with Gasteiger partial charge < -0.3 is 4.57 Å². The van der Waals surface area contributed by atoms with Crippen molar-refractivity contribution in [3.8, 4) is 5.69 Å². The van der Waals surface area contributed by atoms with Gasteiger partial charge in [0.1, 0.15) is 0 Å². The van der Waals surface area contributed by atoms with Crippen LogP contribution >= 0.6 is 23.6 Å². The van der Waals surface area contributed by atoms with Crippen LogP contribution in [-0.4, -0.2) is 14.9 Å². The van der Waals surface area contributed by atoms with Crippen LogP contribution in [0.4, 0.5) is 0 Å². The van der Waals surface area contributed by atoms with Gasteiger partial charge in [-0.1, -0.05) is 36.4 Å². The molecule has 2 aromatic heterocycles. The first-order valence-corrected chi connectivity index (χ1v) is 9.32. The molecule has 0 bridgehead atoms. The molecule has 2 aromatic carbocycles. The van der Waals surface area contributed by atoms with Crippen LogP contribution in [0.5, 0.6) is 0 Å². The van der Waals surface area contributed by atoms with Crippen LogP contribution in [0.2, 0.25) is 0 Å². The second-order valence-electron chi connectivity index (χ2n) is 5.76. The van der Waals surface area contributed by atoms with Crippen LogP contribution in [0, 0.1) is 4.77 Å². The van der Waals surface area contributed by atoms with Crippen molar-refractivity contribution in [1.82, 2.24) is 9.13 Å². The van der Waals surface area contributed by atoms with E-state index in [4.69, 9.17) is 12.2 Å². The molecule has 0 amide bonds. The van der Waals surface area contributed by atoms with Gasteiger partial charge in [0, 0.05) is 0 Å². The van der Waals surface area contributed by atoms with E-state index in [9.17, 15) is 9.59 Å². The summed E-state index contributed by atoms with van der Waals surface area (Å²) in [5.74, 6) is -0.0282. The summed E-state index contributed by atoms with van der Waals surface area (Å²) in [6.07, 6.45) is 0. The Kier molecular flexibility index (Phi) is 4.36. The number of carbonyl (C=O) groups is 1. The molecule has 0 atom stereocenters. The number of Topliss-reactive ketones (excluding diaryl/α,β-unsaturated/α-hetero) is 1. The number of ketones is 1. The highest BCUT2D eigenvalue weighted by molar-refractivity contribution is 7.71. The maximum Gasteiger partial charge on any atom is 0.266 e. The third-order valence-corrected chi connectivity index (χ3v) is 5.48. The van der Waals surface area contributed by atoms with Gasteiger partial charge >= 0.3 is 0 Å². The van der Waals surface area contributed by atoms with E-state index in [0.29, 0.717) is 26.2 Å². The zero-order valence-electron chi connectivity index (χ0n) is 13.7. The van der Waals surface area contributed by atoms with Gasteiger partial charge in [0.05, 0.1) is 28.0 Å². The summed E-state index contributed by atoms with van der Waals surface area (Å²) >= 11 is 7.01. The van der Waals surface area contributed by atoms with E-state index in [2.05, 4.69) is 0 Å². The molecule has 0 aliphatic heterocycles. The molecule has 0 radical (unpaired) electrons. The summed E-state index contributed by atoms with van der Waals surface area (Å²) in [6.45, 7) is 0.0903. The fraction of sp³-hybridized carbons (Fsp3) is 0.0500. The first-order chi connectivity index (χ1) is 12.7. The highest BCUT2D eigenvalue weighted by Crippen LogP contribution is 2.17. The Morgan fingerprint density at radius 1 is 0.962 bits per heavy atom. The number of fused-ring (bicyclic) bond motifs is 1. The van der Waals surface area contributed by atoms with Crippen LogP contribution < -0.4 is 5.56 Å². The molecule has 0 aliphatic rings. The smallest absolute Gasteiger partial charge is 0.266 e. The first-order valence-electron chi connectivity index (χ1n) is 8.03. The van der Waals surface area contributed by atoms with Gasteiger partial charge in [-0.3, -0.25) is 14.2 Å². The molecule has 0 fully saturated rings. The lowest BCUT2D eigenvalue weighted by Gasteiger charge is -2.15. The van der Waals surface area contributed by atoms with Crippen LogP contribution in [0.25, 0.3) is 16.6 Å². The highest BCUT2D eigenvalue weighted by Gasteiger charge is 2.15.